The van der Waals surface area contributed by atoms with E-state index in [1.165, 1.54) is 4.90 Å². The van der Waals surface area contributed by atoms with Gasteiger partial charge in [-0.2, -0.15) is 13.2 Å². The number of hydrogen-bond donors (Lipinski definition) is 1. The zero-order chi connectivity index (χ0) is 25.6. The van der Waals surface area contributed by atoms with Crippen molar-refractivity contribution in [2.24, 2.45) is 0 Å². The summed E-state index contributed by atoms with van der Waals surface area (Å²) in [5, 5.41) is 2.28. The summed E-state index contributed by atoms with van der Waals surface area (Å²) in [6, 6.07) is 5.90. The number of nitrogens with one attached hydrogen (secondary N) is 1. The molecule has 0 aliphatic carbocycles. The number of imide groups is 1. The van der Waals surface area contributed by atoms with Gasteiger partial charge in [0.25, 0.3) is 5.91 Å². The fraction of sp³-hybridized carbons (Fsp3) is 0.417. The smallest absolute Gasteiger partial charge is 0.353 e. The van der Waals surface area contributed by atoms with E-state index in [4.69, 9.17) is 11.6 Å². The summed E-state index contributed by atoms with van der Waals surface area (Å²) in [5.41, 5.74) is 1.56. The second kappa shape index (κ2) is 9.36. The maximum absolute atomic E-state index is 12.9. The van der Waals surface area contributed by atoms with Crippen LogP contribution in [0.1, 0.15) is 39.9 Å². The minimum absolute atomic E-state index is 0.0258. The lowest BCUT2D eigenvalue weighted by Crippen LogP contribution is -2.52. The highest BCUT2D eigenvalue weighted by atomic mass is 35.5. The van der Waals surface area contributed by atoms with Crippen molar-refractivity contribution in [3.8, 4) is 0 Å². The van der Waals surface area contributed by atoms with Gasteiger partial charge in [-0.15, -0.1) is 0 Å². The molecule has 2 fully saturated rings. The summed E-state index contributed by atoms with van der Waals surface area (Å²) in [6.45, 7) is 3.41. The van der Waals surface area contributed by atoms with E-state index in [1.807, 2.05) is 17.0 Å². The SMILES string of the molecule is O=C1CCC(N2Cc3cc(CN4CCN(c5ncc(C(F)(F)F)cc5Cl)CC4)ccc3C2=O)C(=O)N1. The van der Waals surface area contributed by atoms with Gasteiger partial charge in [-0.1, -0.05) is 23.7 Å². The van der Waals surface area contributed by atoms with E-state index in [2.05, 4.69) is 15.2 Å². The molecule has 1 aromatic carbocycles. The number of aromatic nitrogens is 1. The van der Waals surface area contributed by atoms with Gasteiger partial charge >= 0.3 is 6.18 Å². The number of pyridine rings is 1. The maximum Gasteiger partial charge on any atom is 0.417 e. The summed E-state index contributed by atoms with van der Waals surface area (Å²) in [4.78, 5) is 46.1. The highest BCUT2D eigenvalue weighted by Gasteiger charge is 2.39. The first-order valence-corrected chi connectivity index (χ1v) is 11.9. The number of alkyl halides is 3. The summed E-state index contributed by atoms with van der Waals surface area (Å²) in [6.07, 6.45) is -3.16. The average molecular weight is 522 g/mol. The molecule has 0 radical (unpaired) electrons. The minimum Gasteiger partial charge on any atom is -0.353 e. The molecule has 5 rings (SSSR count). The van der Waals surface area contributed by atoms with Crippen molar-refractivity contribution < 1.29 is 27.6 Å². The molecule has 36 heavy (non-hydrogen) atoms. The van der Waals surface area contributed by atoms with Crippen LogP contribution in [0, 0.1) is 0 Å². The van der Waals surface area contributed by atoms with Gasteiger partial charge in [0.05, 0.1) is 10.6 Å². The molecule has 1 N–H and O–H groups in total. The number of amides is 3. The van der Waals surface area contributed by atoms with E-state index >= 15 is 0 Å². The van der Waals surface area contributed by atoms with Crippen molar-refractivity contribution in [2.75, 3.05) is 31.1 Å². The topological polar surface area (TPSA) is 85.9 Å². The van der Waals surface area contributed by atoms with Gasteiger partial charge < -0.3 is 9.80 Å². The normalized spacial score (nSPS) is 21.1. The lowest BCUT2D eigenvalue weighted by molar-refractivity contribution is -0.138. The van der Waals surface area contributed by atoms with Gasteiger partial charge in [0.1, 0.15) is 11.9 Å². The Balaban J connectivity index is 1.20. The molecule has 3 aliphatic heterocycles. The molecule has 2 saturated heterocycles. The molecule has 12 heteroatoms. The zero-order valence-electron chi connectivity index (χ0n) is 19.1. The lowest BCUT2D eigenvalue weighted by Gasteiger charge is -2.35. The number of benzene rings is 1. The van der Waals surface area contributed by atoms with Crippen LogP contribution in [0.4, 0.5) is 19.0 Å². The summed E-state index contributed by atoms with van der Waals surface area (Å²) in [5.74, 6) is -0.623. The highest BCUT2D eigenvalue weighted by molar-refractivity contribution is 6.33. The monoisotopic (exact) mass is 521 g/mol. The predicted octanol–water partition coefficient (Wildman–Crippen LogP) is 2.84. The molecule has 3 amide bonds. The van der Waals surface area contributed by atoms with Crippen LogP contribution in [0.5, 0.6) is 0 Å². The standard InChI is InChI=1S/C24H23ClF3N5O3/c25-18-10-16(24(26,27)28)11-29-21(18)32-7-5-31(6-8-32)12-14-1-2-17-15(9-14)13-33(23(17)36)19-3-4-20(34)30-22(19)35/h1-2,9-11,19H,3-8,12-13H2,(H,30,34,35). The number of anilines is 1. The third-order valence-corrected chi connectivity index (χ3v) is 7.09. The van der Waals surface area contributed by atoms with Crippen LogP contribution in [0.15, 0.2) is 30.5 Å². The van der Waals surface area contributed by atoms with E-state index < -0.39 is 23.7 Å². The Bertz CT molecular complexity index is 1230. The Kier molecular flexibility index (Phi) is 6.37. The van der Waals surface area contributed by atoms with E-state index in [9.17, 15) is 27.6 Å². The first-order chi connectivity index (χ1) is 17.1. The van der Waals surface area contributed by atoms with Gasteiger partial charge in [-0.3, -0.25) is 24.6 Å². The Labute approximate surface area is 210 Å². The Morgan fingerprint density at radius 3 is 2.50 bits per heavy atom. The summed E-state index contributed by atoms with van der Waals surface area (Å²) >= 11 is 6.09. The van der Waals surface area contributed by atoms with Crippen molar-refractivity contribution in [1.82, 2.24) is 20.1 Å². The average Bonchev–Trinajstić information content (AvgIpc) is 3.14. The molecule has 190 valence electrons. The molecular formula is C24H23ClF3N5O3. The number of carbonyl (C=O) groups excluding carboxylic acids is 3. The van der Waals surface area contributed by atoms with Gasteiger partial charge in [0, 0.05) is 57.4 Å². The first-order valence-electron chi connectivity index (χ1n) is 11.6. The fourth-order valence-electron chi connectivity index (χ4n) is 4.92. The van der Waals surface area contributed by atoms with Crippen molar-refractivity contribution >= 4 is 35.1 Å². The van der Waals surface area contributed by atoms with Crippen LogP contribution in [-0.4, -0.2) is 64.7 Å². The Morgan fingerprint density at radius 1 is 1.08 bits per heavy atom. The van der Waals surface area contributed by atoms with Crippen molar-refractivity contribution in [1.29, 1.82) is 0 Å². The Hall–Kier alpha value is -3.18. The van der Waals surface area contributed by atoms with E-state index in [1.54, 1.807) is 6.07 Å². The molecular weight excluding hydrogens is 499 g/mol. The third kappa shape index (κ3) is 4.77. The Morgan fingerprint density at radius 2 is 1.83 bits per heavy atom. The van der Waals surface area contributed by atoms with E-state index in [0.29, 0.717) is 57.1 Å². The molecule has 0 bridgehead atoms. The van der Waals surface area contributed by atoms with Crippen LogP contribution < -0.4 is 10.2 Å². The number of rotatable bonds is 4. The highest BCUT2D eigenvalue weighted by Crippen LogP contribution is 2.34. The number of halogens is 4. The minimum atomic E-state index is -4.49. The van der Waals surface area contributed by atoms with E-state index in [-0.39, 0.29) is 23.3 Å². The quantitative estimate of drug-likeness (QED) is 0.623. The number of fused-ring (bicyclic) bond motifs is 1. The van der Waals surface area contributed by atoms with Crippen LogP contribution in [-0.2, 0) is 28.9 Å². The molecule has 1 atom stereocenters. The summed E-state index contributed by atoms with van der Waals surface area (Å²) in [7, 11) is 0. The van der Waals surface area contributed by atoms with Crippen LogP contribution in [0.3, 0.4) is 0 Å². The van der Waals surface area contributed by atoms with Crippen LogP contribution in [0.25, 0.3) is 0 Å². The predicted molar refractivity (Wildman–Crippen MR) is 124 cm³/mol. The van der Waals surface area contributed by atoms with Crippen LogP contribution in [0.2, 0.25) is 5.02 Å². The second-order valence-corrected chi connectivity index (χ2v) is 9.59. The van der Waals surface area contributed by atoms with Crippen molar-refractivity contribution in [3.63, 3.8) is 0 Å². The van der Waals surface area contributed by atoms with Gasteiger partial charge in [0.15, 0.2) is 0 Å². The number of hydrogen-bond acceptors (Lipinski definition) is 6. The lowest BCUT2D eigenvalue weighted by atomic mass is 10.0. The molecule has 1 aromatic heterocycles. The second-order valence-electron chi connectivity index (χ2n) is 9.18. The molecule has 8 nitrogen and oxygen atoms in total. The van der Waals surface area contributed by atoms with Gasteiger partial charge in [0.2, 0.25) is 11.8 Å². The third-order valence-electron chi connectivity index (χ3n) is 6.82. The number of piperidine rings is 1. The number of piperazine rings is 1. The number of nitrogens with zero attached hydrogens (tertiary/aromatic N) is 4. The molecule has 0 spiro atoms. The van der Waals surface area contributed by atoms with Gasteiger partial charge in [-0.05, 0) is 29.7 Å². The summed E-state index contributed by atoms with van der Waals surface area (Å²) < 4.78 is 38.6. The molecule has 0 saturated carbocycles. The van der Waals surface area contributed by atoms with Crippen molar-refractivity contribution in [2.45, 2.75) is 38.1 Å². The van der Waals surface area contributed by atoms with E-state index in [0.717, 1.165) is 23.4 Å². The number of carbonyl (C=O) groups is 3. The fourth-order valence-corrected chi connectivity index (χ4v) is 5.21. The molecule has 2 aromatic rings. The largest absolute Gasteiger partial charge is 0.417 e. The van der Waals surface area contributed by atoms with Crippen molar-refractivity contribution in [3.05, 3.63) is 57.7 Å². The zero-order valence-corrected chi connectivity index (χ0v) is 19.9. The molecule has 3 aliphatic rings. The first kappa shape index (κ1) is 24.5. The van der Waals surface area contributed by atoms with Gasteiger partial charge in [-0.25, -0.2) is 4.98 Å². The maximum atomic E-state index is 12.9. The molecule has 1 unspecified atom stereocenters. The molecule has 4 heterocycles. The van der Waals surface area contributed by atoms with Crippen LogP contribution >= 0.6 is 11.6 Å².